The molecule has 3 rings (SSSR count). The zero-order chi connectivity index (χ0) is 11.1. The second-order valence-electron chi connectivity index (χ2n) is 4.17. The van der Waals surface area contributed by atoms with Crippen molar-refractivity contribution in [3.63, 3.8) is 0 Å². The number of pyridine rings is 1. The third-order valence-electron chi connectivity index (χ3n) is 3.27. The molecule has 2 aromatic rings. The van der Waals surface area contributed by atoms with E-state index in [1.807, 2.05) is 6.07 Å². The molecule has 3 nitrogen and oxygen atoms in total. The number of halogens is 1. The summed E-state index contributed by atoms with van der Waals surface area (Å²) in [5, 5.41) is 0. The molecule has 0 radical (unpaired) electrons. The lowest BCUT2D eigenvalue weighted by Crippen LogP contribution is -2.30. The SMILES string of the molecule is CCN1CCc2nc3c(Br)cccn3c2C1. The maximum Gasteiger partial charge on any atom is 0.151 e. The fourth-order valence-corrected chi connectivity index (χ4v) is 2.75. The molecular weight excluding hydrogens is 266 g/mol. The van der Waals surface area contributed by atoms with Crippen LogP contribution in [0.4, 0.5) is 0 Å². The highest BCUT2D eigenvalue weighted by molar-refractivity contribution is 9.10. The Morgan fingerprint density at radius 3 is 3.19 bits per heavy atom. The molecule has 0 bridgehead atoms. The van der Waals surface area contributed by atoms with Gasteiger partial charge in [0, 0.05) is 25.7 Å². The van der Waals surface area contributed by atoms with Gasteiger partial charge < -0.3 is 4.40 Å². The normalized spacial score (nSPS) is 16.6. The monoisotopic (exact) mass is 279 g/mol. The van der Waals surface area contributed by atoms with E-state index < -0.39 is 0 Å². The van der Waals surface area contributed by atoms with E-state index in [1.165, 1.54) is 11.4 Å². The fraction of sp³-hybridized carbons (Fsp3) is 0.417. The van der Waals surface area contributed by atoms with Crippen molar-refractivity contribution in [1.29, 1.82) is 0 Å². The molecule has 1 aliphatic heterocycles. The van der Waals surface area contributed by atoms with Crippen molar-refractivity contribution in [2.24, 2.45) is 0 Å². The summed E-state index contributed by atoms with van der Waals surface area (Å²) in [5.74, 6) is 0. The first-order valence-electron chi connectivity index (χ1n) is 5.66. The molecule has 0 aromatic carbocycles. The lowest BCUT2D eigenvalue weighted by Gasteiger charge is -2.24. The van der Waals surface area contributed by atoms with Crippen LogP contribution in [0.5, 0.6) is 0 Å². The Kier molecular flexibility index (Phi) is 2.48. The van der Waals surface area contributed by atoms with Crippen LogP contribution in [0.1, 0.15) is 18.3 Å². The molecule has 4 heteroatoms. The molecule has 0 amide bonds. The molecule has 0 N–H and O–H groups in total. The summed E-state index contributed by atoms with van der Waals surface area (Å²) in [7, 11) is 0. The number of fused-ring (bicyclic) bond motifs is 3. The van der Waals surface area contributed by atoms with Gasteiger partial charge in [0.1, 0.15) is 0 Å². The molecule has 0 atom stereocenters. The van der Waals surface area contributed by atoms with Crippen LogP contribution in [-0.4, -0.2) is 27.4 Å². The fourth-order valence-electron chi connectivity index (χ4n) is 2.32. The van der Waals surface area contributed by atoms with Crippen LogP contribution in [0, 0.1) is 0 Å². The van der Waals surface area contributed by atoms with Crippen molar-refractivity contribution in [3.8, 4) is 0 Å². The molecule has 84 valence electrons. The molecule has 3 heterocycles. The first kappa shape index (κ1) is 10.3. The summed E-state index contributed by atoms with van der Waals surface area (Å²) in [6.45, 7) is 5.47. The maximum atomic E-state index is 4.71. The Labute approximate surface area is 103 Å². The molecule has 0 aliphatic carbocycles. The summed E-state index contributed by atoms with van der Waals surface area (Å²) >= 11 is 3.56. The number of imidazole rings is 1. The van der Waals surface area contributed by atoms with Gasteiger partial charge in [0.25, 0.3) is 0 Å². The van der Waals surface area contributed by atoms with Gasteiger partial charge in [0.15, 0.2) is 5.65 Å². The summed E-state index contributed by atoms with van der Waals surface area (Å²) in [6.07, 6.45) is 3.17. The molecular formula is C12H14BrN3. The van der Waals surface area contributed by atoms with Crippen molar-refractivity contribution < 1.29 is 0 Å². The Hall–Kier alpha value is -0.870. The minimum Gasteiger partial charge on any atom is -0.302 e. The summed E-state index contributed by atoms with van der Waals surface area (Å²) < 4.78 is 3.29. The van der Waals surface area contributed by atoms with E-state index in [-0.39, 0.29) is 0 Å². The molecule has 0 saturated heterocycles. The highest BCUT2D eigenvalue weighted by Gasteiger charge is 2.20. The quantitative estimate of drug-likeness (QED) is 0.800. The Morgan fingerprint density at radius 1 is 1.50 bits per heavy atom. The van der Waals surface area contributed by atoms with Crippen LogP contribution in [0.2, 0.25) is 0 Å². The third-order valence-corrected chi connectivity index (χ3v) is 3.89. The second kappa shape index (κ2) is 3.86. The van der Waals surface area contributed by atoms with Gasteiger partial charge in [-0.25, -0.2) is 4.98 Å². The van der Waals surface area contributed by atoms with Crippen LogP contribution >= 0.6 is 15.9 Å². The molecule has 16 heavy (non-hydrogen) atoms. The van der Waals surface area contributed by atoms with E-state index in [1.54, 1.807) is 0 Å². The molecule has 1 aliphatic rings. The van der Waals surface area contributed by atoms with Gasteiger partial charge >= 0.3 is 0 Å². The Balaban J connectivity index is 2.18. The molecule has 0 unspecified atom stereocenters. The summed E-state index contributed by atoms with van der Waals surface area (Å²) in [5.41, 5.74) is 3.66. The zero-order valence-corrected chi connectivity index (χ0v) is 10.9. The van der Waals surface area contributed by atoms with Gasteiger partial charge in [-0.2, -0.15) is 0 Å². The number of hydrogen-bond donors (Lipinski definition) is 0. The average molecular weight is 280 g/mol. The first-order chi connectivity index (χ1) is 7.79. The van der Waals surface area contributed by atoms with E-state index in [4.69, 9.17) is 4.98 Å². The molecule has 0 spiro atoms. The first-order valence-corrected chi connectivity index (χ1v) is 6.45. The number of rotatable bonds is 1. The van der Waals surface area contributed by atoms with E-state index in [0.717, 1.165) is 36.2 Å². The van der Waals surface area contributed by atoms with E-state index >= 15 is 0 Å². The van der Waals surface area contributed by atoms with Crippen LogP contribution in [0.15, 0.2) is 22.8 Å². The lowest BCUT2D eigenvalue weighted by atomic mass is 10.1. The van der Waals surface area contributed by atoms with Gasteiger partial charge in [0.05, 0.1) is 15.9 Å². The topological polar surface area (TPSA) is 20.5 Å². The van der Waals surface area contributed by atoms with Gasteiger partial charge in [-0.3, -0.25) is 4.90 Å². The van der Waals surface area contributed by atoms with Crippen LogP contribution < -0.4 is 0 Å². The van der Waals surface area contributed by atoms with Gasteiger partial charge in [0.2, 0.25) is 0 Å². The summed E-state index contributed by atoms with van der Waals surface area (Å²) in [4.78, 5) is 7.17. The zero-order valence-electron chi connectivity index (χ0n) is 9.28. The van der Waals surface area contributed by atoms with Crippen LogP contribution in [-0.2, 0) is 13.0 Å². The molecule has 0 saturated carbocycles. The smallest absolute Gasteiger partial charge is 0.151 e. The minimum absolute atomic E-state index is 1.02. The largest absolute Gasteiger partial charge is 0.302 e. The van der Waals surface area contributed by atoms with Crippen molar-refractivity contribution in [1.82, 2.24) is 14.3 Å². The predicted octanol–water partition coefficient (Wildman–Crippen LogP) is 2.47. The lowest BCUT2D eigenvalue weighted by molar-refractivity contribution is 0.262. The van der Waals surface area contributed by atoms with Crippen molar-refractivity contribution >= 4 is 21.6 Å². The maximum absolute atomic E-state index is 4.71. The molecule has 0 fully saturated rings. The summed E-state index contributed by atoms with van der Waals surface area (Å²) in [6, 6.07) is 4.11. The third kappa shape index (κ3) is 1.48. The number of hydrogen-bond acceptors (Lipinski definition) is 2. The Morgan fingerprint density at radius 2 is 2.38 bits per heavy atom. The Bertz CT molecular complexity index is 532. The standard InChI is InChI=1S/C12H14BrN3/c1-2-15-7-5-10-11(8-15)16-6-3-4-9(13)12(16)14-10/h3-4,6H,2,5,7-8H2,1H3. The number of likely N-dealkylation sites (N-methyl/N-ethyl adjacent to an activating group) is 1. The minimum atomic E-state index is 1.02. The van der Waals surface area contributed by atoms with Gasteiger partial charge in [-0.15, -0.1) is 0 Å². The van der Waals surface area contributed by atoms with E-state index in [0.29, 0.717) is 0 Å². The average Bonchev–Trinajstić information content (AvgIpc) is 2.68. The van der Waals surface area contributed by atoms with Crippen molar-refractivity contribution in [2.45, 2.75) is 19.9 Å². The predicted molar refractivity (Wildman–Crippen MR) is 67.5 cm³/mol. The van der Waals surface area contributed by atoms with Crippen LogP contribution in [0.25, 0.3) is 5.65 Å². The highest BCUT2D eigenvalue weighted by Crippen LogP contribution is 2.24. The van der Waals surface area contributed by atoms with Crippen LogP contribution in [0.3, 0.4) is 0 Å². The van der Waals surface area contributed by atoms with Crippen molar-refractivity contribution in [2.75, 3.05) is 13.1 Å². The van der Waals surface area contributed by atoms with E-state index in [2.05, 4.69) is 44.4 Å². The number of nitrogens with zero attached hydrogens (tertiary/aromatic N) is 3. The highest BCUT2D eigenvalue weighted by atomic mass is 79.9. The second-order valence-corrected chi connectivity index (χ2v) is 5.03. The van der Waals surface area contributed by atoms with Gasteiger partial charge in [-0.05, 0) is 34.6 Å². The van der Waals surface area contributed by atoms with E-state index in [9.17, 15) is 0 Å². The number of aromatic nitrogens is 2. The molecule has 2 aromatic heterocycles. The van der Waals surface area contributed by atoms with Gasteiger partial charge in [-0.1, -0.05) is 6.92 Å². The van der Waals surface area contributed by atoms with Crippen molar-refractivity contribution in [3.05, 3.63) is 34.2 Å².